The largest absolute Gasteiger partial charge is 0.251 e. The van der Waals surface area contributed by atoms with Gasteiger partial charge in [0.15, 0.2) is 0 Å². The molecule has 0 unspecified atom stereocenters. The Hall–Kier alpha value is -1.37. The second-order valence-electron chi connectivity index (χ2n) is 4.86. The fourth-order valence-corrected chi connectivity index (χ4v) is 2.05. The van der Waals surface area contributed by atoms with Gasteiger partial charge in [-0.25, -0.2) is 0 Å². The summed E-state index contributed by atoms with van der Waals surface area (Å²) in [6.45, 7) is 0.725. The maximum atomic E-state index is 8.98. The maximum absolute atomic E-state index is 8.98. The summed E-state index contributed by atoms with van der Waals surface area (Å²) in [4.78, 5) is 0. The molecule has 2 saturated carbocycles. The van der Waals surface area contributed by atoms with Crippen LogP contribution in [-0.4, -0.2) is 15.0 Å². The number of hydrogen-bond acceptors (Lipinski definition) is 3. The third-order valence-electron chi connectivity index (χ3n) is 3.64. The fraction of sp³-hybridized carbons (Fsp3) is 0.727. The van der Waals surface area contributed by atoms with Gasteiger partial charge in [0.05, 0.1) is 23.7 Å². The Bertz CT molecular complexity index is 406. The standard InChI is InChI=1S/C11H14N4/c12-7-11(4-5-11)8-15-6-10(13-14-15)9-2-1-3-9/h6,9H,1-5,8H2. The van der Waals surface area contributed by atoms with Gasteiger partial charge in [-0.1, -0.05) is 11.6 Å². The van der Waals surface area contributed by atoms with Gasteiger partial charge >= 0.3 is 0 Å². The smallest absolute Gasteiger partial charge is 0.0857 e. The number of hydrogen-bond donors (Lipinski definition) is 0. The molecule has 0 N–H and O–H groups in total. The van der Waals surface area contributed by atoms with Gasteiger partial charge in [-0.3, -0.25) is 4.68 Å². The highest BCUT2D eigenvalue weighted by atomic mass is 15.4. The topological polar surface area (TPSA) is 54.5 Å². The van der Waals surface area contributed by atoms with Crippen LogP contribution in [0.5, 0.6) is 0 Å². The van der Waals surface area contributed by atoms with Crippen LogP contribution in [0.1, 0.15) is 43.7 Å². The number of nitriles is 1. The zero-order valence-corrected chi connectivity index (χ0v) is 8.69. The molecule has 0 aliphatic heterocycles. The molecule has 2 aliphatic rings. The Balaban J connectivity index is 1.71. The minimum Gasteiger partial charge on any atom is -0.251 e. The summed E-state index contributed by atoms with van der Waals surface area (Å²) in [6.07, 6.45) is 7.88. The average Bonchev–Trinajstić information content (AvgIpc) is 2.79. The fourth-order valence-electron chi connectivity index (χ4n) is 2.05. The van der Waals surface area contributed by atoms with E-state index in [1.807, 2.05) is 10.9 Å². The summed E-state index contributed by atoms with van der Waals surface area (Å²) >= 11 is 0. The lowest BCUT2D eigenvalue weighted by Gasteiger charge is -2.22. The van der Waals surface area contributed by atoms with Crippen molar-refractivity contribution in [3.05, 3.63) is 11.9 Å². The van der Waals surface area contributed by atoms with Crippen molar-refractivity contribution in [1.82, 2.24) is 15.0 Å². The van der Waals surface area contributed by atoms with E-state index in [0.717, 1.165) is 25.1 Å². The van der Waals surface area contributed by atoms with Crippen molar-refractivity contribution in [2.75, 3.05) is 0 Å². The Morgan fingerprint density at radius 3 is 2.87 bits per heavy atom. The first-order valence-corrected chi connectivity index (χ1v) is 5.63. The van der Waals surface area contributed by atoms with Crippen molar-refractivity contribution in [2.24, 2.45) is 5.41 Å². The van der Waals surface area contributed by atoms with Crippen molar-refractivity contribution < 1.29 is 0 Å². The minimum absolute atomic E-state index is 0.120. The SMILES string of the molecule is N#CC1(Cn2cc(C3CCC3)nn2)CC1. The van der Waals surface area contributed by atoms with Crippen LogP contribution in [0.2, 0.25) is 0 Å². The quantitative estimate of drug-likeness (QED) is 0.751. The van der Waals surface area contributed by atoms with Gasteiger partial charge in [0.25, 0.3) is 0 Å². The van der Waals surface area contributed by atoms with E-state index in [9.17, 15) is 0 Å². The number of aromatic nitrogens is 3. The predicted molar refractivity (Wildman–Crippen MR) is 53.9 cm³/mol. The van der Waals surface area contributed by atoms with E-state index in [0.29, 0.717) is 5.92 Å². The molecule has 1 aromatic rings. The highest BCUT2D eigenvalue weighted by Gasteiger charge is 2.44. The van der Waals surface area contributed by atoms with Crippen LogP contribution in [0.15, 0.2) is 6.20 Å². The molecule has 4 heteroatoms. The molecular weight excluding hydrogens is 188 g/mol. The van der Waals surface area contributed by atoms with E-state index in [1.165, 1.54) is 19.3 Å². The van der Waals surface area contributed by atoms with Gasteiger partial charge in [-0.05, 0) is 25.7 Å². The molecular formula is C11H14N4. The number of nitrogens with zero attached hydrogens (tertiary/aromatic N) is 4. The van der Waals surface area contributed by atoms with Crippen LogP contribution in [-0.2, 0) is 6.54 Å². The lowest BCUT2D eigenvalue weighted by atomic mass is 9.83. The first kappa shape index (κ1) is 8.90. The Morgan fingerprint density at radius 2 is 2.33 bits per heavy atom. The molecule has 0 aromatic carbocycles. The van der Waals surface area contributed by atoms with E-state index in [4.69, 9.17) is 5.26 Å². The summed E-state index contributed by atoms with van der Waals surface area (Å²) in [5.41, 5.74) is 1.000. The Kier molecular flexibility index (Phi) is 1.82. The van der Waals surface area contributed by atoms with E-state index in [1.54, 1.807) is 0 Å². The molecule has 2 fully saturated rings. The lowest BCUT2D eigenvalue weighted by molar-refractivity contribution is 0.410. The van der Waals surface area contributed by atoms with E-state index < -0.39 is 0 Å². The van der Waals surface area contributed by atoms with Crippen molar-refractivity contribution in [2.45, 2.75) is 44.6 Å². The average molecular weight is 202 g/mol. The van der Waals surface area contributed by atoms with Gasteiger partial charge < -0.3 is 0 Å². The molecule has 1 heterocycles. The molecule has 0 atom stereocenters. The van der Waals surface area contributed by atoms with Gasteiger partial charge in [0, 0.05) is 12.1 Å². The monoisotopic (exact) mass is 202 g/mol. The molecule has 0 amide bonds. The molecule has 15 heavy (non-hydrogen) atoms. The third-order valence-corrected chi connectivity index (χ3v) is 3.64. The van der Waals surface area contributed by atoms with Crippen LogP contribution in [0.3, 0.4) is 0 Å². The van der Waals surface area contributed by atoms with Crippen LogP contribution in [0, 0.1) is 16.7 Å². The van der Waals surface area contributed by atoms with Gasteiger partial charge in [0.1, 0.15) is 0 Å². The molecule has 2 aliphatic carbocycles. The van der Waals surface area contributed by atoms with Crippen LogP contribution in [0.4, 0.5) is 0 Å². The third kappa shape index (κ3) is 1.52. The summed E-state index contributed by atoms with van der Waals surface area (Å²) in [5.74, 6) is 0.635. The summed E-state index contributed by atoms with van der Waals surface area (Å²) < 4.78 is 1.85. The minimum atomic E-state index is -0.120. The first-order valence-electron chi connectivity index (χ1n) is 5.63. The van der Waals surface area contributed by atoms with Crippen molar-refractivity contribution in [1.29, 1.82) is 5.26 Å². The molecule has 78 valence electrons. The zero-order valence-electron chi connectivity index (χ0n) is 8.69. The van der Waals surface area contributed by atoms with Gasteiger partial charge in [-0.2, -0.15) is 5.26 Å². The molecule has 0 radical (unpaired) electrons. The maximum Gasteiger partial charge on any atom is 0.0857 e. The number of rotatable bonds is 3. The second-order valence-corrected chi connectivity index (χ2v) is 4.86. The Labute approximate surface area is 88.9 Å². The van der Waals surface area contributed by atoms with Crippen LogP contribution < -0.4 is 0 Å². The second kappa shape index (κ2) is 3.06. The van der Waals surface area contributed by atoms with Gasteiger partial charge in [0.2, 0.25) is 0 Å². The van der Waals surface area contributed by atoms with E-state index in [2.05, 4.69) is 16.4 Å². The van der Waals surface area contributed by atoms with E-state index >= 15 is 0 Å². The van der Waals surface area contributed by atoms with Crippen molar-refractivity contribution in [3.63, 3.8) is 0 Å². The van der Waals surface area contributed by atoms with E-state index in [-0.39, 0.29) is 5.41 Å². The van der Waals surface area contributed by atoms with Crippen molar-refractivity contribution >= 4 is 0 Å². The van der Waals surface area contributed by atoms with Crippen LogP contribution >= 0.6 is 0 Å². The Morgan fingerprint density at radius 1 is 1.53 bits per heavy atom. The molecule has 0 spiro atoms. The highest BCUT2D eigenvalue weighted by molar-refractivity contribution is 5.11. The van der Waals surface area contributed by atoms with Gasteiger partial charge in [-0.15, -0.1) is 5.10 Å². The van der Waals surface area contributed by atoms with Crippen molar-refractivity contribution in [3.8, 4) is 6.07 Å². The zero-order chi connectivity index (χ0) is 10.3. The summed E-state index contributed by atoms with van der Waals surface area (Å²) in [5, 5.41) is 17.3. The molecule has 0 saturated heterocycles. The lowest BCUT2D eigenvalue weighted by Crippen LogP contribution is -2.10. The predicted octanol–water partition coefficient (Wildman–Crippen LogP) is 1.85. The highest BCUT2D eigenvalue weighted by Crippen LogP contribution is 2.46. The van der Waals surface area contributed by atoms with Crippen LogP contribution in [0.25, 0.3) is 0 Å². The molecule has 3 rings (SSSR count). The first-order chi connectivity index (χ1) is 7.31. The summed E-state index contributed by atoms with van der Waals surface area (Å²) in [7, 11) is 0. The molecule has 1 aromatic heterocycles. The molecule has 0 bridgehead atoms. The normalized spacial score (nSPS) is 23.1. The molecule has 4 nitrogen and oxygen atoms in total. The summed E-state index contributed by atoms with van der Waals surface area (Å²) in [6, 6.07) is 2.38.